The Labute approximate surface area is 206 Å². The number of fused-ring (bicyclic) bond motifs is 1. The van der Waals surface area contributed by atoms with E-state index in [1.54, 1.807) is 40.7 Å². The molecule has 8 nitrogen and oxygen atoms in total. The molecule has 0 spiro atoms. The van der Waals surface area contributed by atoms with Gasteiger partial charge in [0.2, 0.25) is 10.0 Å². The van der Waals surface area contributed by atoms with Gasteiger partial charge >= 0.3 is 5.97 Å². The third-order valence-electron chi connectivity index (χ3n) is 7.27. The molecule has 1 aromatic heterocycles. The normalized spacial score (nSPS) is 21.3. The topological polar surface area (TPSA) is 102 Å². The van der Waals surface area contributed by atoms with Gasteiger partial charge in [0.1, 0.15) is 13.6 Å². The van der Waals surface area contributed by atoms with E-state index in [4.69, 9.17) is 17.7 Å². The van der Waals surface area contributed by atoms with E-state index in [1.165, 1.54) is 0 Å². The predicted molar refractivity (Wildman–Crippen MR) is 133 cm³/mol. The summed E-state index contributed by atoms with van der Waals surface area (Å²) in [6, 6.07) is 11.7. The minimum atomic E-state index is -3.71. The highest BCUT2D eigenvalue weighted by molar-refractivity contribution is 7.89. The van der Waals surface area contributed by atoms with Gasteiger partial charge in [-0.1, -0.05) is 36.9 Å². The summed E-state index contributed by atoms with van der Waals surface area (Å²) in [4.78, 5) is 11.7. The first kappa shape index (κ1) is 23.9. The minimum Gasteiger partial charge on any atom is -0.494 e. The number of aliphatic carboxylic acids is 1. The highest BCUT2D eigenvalue weighted by Gasteiger charge is 2.46. The smallest absolute Gasteiger partial charge is 0.309 e. The number of carboxylic acids is 1. The van der Waals surface area contributed by atoms with Crippen molar-refractivity contribution >= 4 is 40.2 Å². The van der Waals surface area contributed by atoms with Gasteiger partial charge in [0.15, 0.2) is 0 Å². The molecule has 0 amide bonds. The van der Waals surface area contributed by atoms with E-state index in [2.05, 4.69) is 0 Å². The molecule has 1 unspecified atom stereocenters. The minimum absolute atomic E-state index is 0.0968. The number of ether oxygens (including phenoxy) is 1. The van der Waals surface area contributed by atoms with E-state index < -0.39 is 16.0 Å². The maximum Gasteiger partial charge on any atom is 0.309 e. The number of carboxylic acid groups (broad SMARTS) is 1. The van der Waals surface area contributed by atoms with Crippen LogP contribution in [0.1, 0.15) is 37.9 Å². The Hall–Kier alpha value is -2.85. The van der Waals surface area contributed by atoms with E-state index in [-0.39, 0.29) is 29.8 Å². The molecule has 10 heteroatoms. The van der Waals surface area contributed by atoms with E-state index >= 15 is 0 Å². The molecule has 2 atom stereocenters. The SMILES string of the molecule is [B]c1ccc2c(c1)c(CC(=O)O)nn2[C@H]1CN(S(=O)(=O)c2ccc(OCC)cc2)CC1C1CCC1. The van der Waals surface area contributed by atoms with Crippen LogP contribution in [0.3, 0.4) is 0 Å². The van der Waals surface area contributed by atoms with Crippen molar-refractivity contribution in [2.45, 2.75) is 43.5 Å². The van der Waals surface area contributed by atoms with E-state index in [0.717, 1.165) is 24.8 Å². The van der Waals surface area contributed by atoms with Crippen LogP contribution in [0.2, 0.25) is 0 Å². The first-order valence-corrected chi connectivity index (χ1v) is 13.4. The molecular formula is C25H28BN3O5S. The second-order valence-corrected chi connectivity index (χ2v) is 11.3. The molecule has 1 aliphatic heterocycles. The molecule has 5 rings (SSSR count). The van der Waals surface area contributed by atoms with Crippen LogP contribution < -0.4 is 10.2 Å². The van der Waals surface area contributed by atoms with Crippen molar-refractivity contribution in [1.29, 1.82) is 0 Å². The van der Waals surface area contributed by atoms with Gasteiger partial charge in [0.05, 0.1) is 35.2 Å². The molecule has 3 aromatic rings. The fraction of sp³-hybridized carbons (Fsp3) is 0.440. The van der Waals surface area contributed by atoms with E-state index in [1.807, 2.05) is 17.7 Å². The second-order valence-electron chi connectivity index (χ2n) is 9.39. The fourth-order valence-corrected chi connectivity index (χ4v) is 6.83. The van der Waals surface area contributed by atoms with Gasteiger partial charge in [-0.05, 0) is 49.1 Å². The van der Waals surface area contributed by atoms with Crippen LogP contribution in [0.15, 0.2) is 47.4 Å². The maximum atomic E-state index is 13.6. The number of aromatic nitrogens is 2. The summed E-state index contributed by atoms with van der Waals surface area (Å²) in [5, 5.41) is 14.8. The lowest BCUT2D eigenvalue weighted by Gasteiger charge is -2.34. The second kappa shape index (κ2) is 9.31. The van der Waals surface area contributed by atoms with Crippen LogP contribution >= 0.6 is 0 Å². The van der Waals surface area contributed by atoms with Crippen molar-refractivity contribution in [1.82, 2.24) is 14.1 Å². The molecule has 1 N–H and O–H groups in total. The lowest BCUT2D eigenvalue weighted by molar-refractivity contribution is -0.136. The molecule has 35 heavy (non-hydrogen) atoms. The van der Waals surface area contributed by atoms with E-state index in [0.29, 0.717) is 41.4 Å². The highest BCUT2D eigenvalue weighted by atomic mass is 32.2. The van der Waals surface area contributed by atoms with Gasteiger partial charge < -0.3 is 9.84 Å². The molecule has 182 valence electrons. The molecule has 2 heterocycles. The van der Waals surface area contributed by atoms with Gasteiger partial charge in [0.25, 0.3) is 0 Å². The first-order valence-electron chi connectivity index (χ1n) is 12.0. The Balaban J connectivity index is 1.52. The molecule has 2 fully saturated rings. The third-order valence-corrected chi connectivity index (χ3v) is 9.11. The average molecular weight is 493 g/mol. The molecule has 1 saturated heterocycles. The van der Waals surface area contributed by atoms with Crippen LogP contribution in [0, 0.1) is 11.8 Å². The number of carbonyl (C=O) groups is 1. The number of benzene rings is 2. The van der Waals surface area contributed by atoms with Crippen molar-refractivity contribution < 1.29 is 23.1 Å². The fourth-order valence-electron chi connectivity index (χ4n) is 5.33. The van der Waals surface area contributed by atoms with Gasteiger partial charge in [-0.2, -0.15) is 9.40 Å². The van der Waals surface area contributed by atoms with Gasteiger partial charge in [0, 0.05) is 18.5 Å². The standard InChI is InChI=1S/C25H28BN3O5S/c1-2-34-18-7-9-19(10-8-18)35(32,33)28-14-21(16-4-3-5-16)24(15-28)29-23-11-6-17(26)12-20(23)22(27-29)13-25(30)31/h6-12,16,21,24H,2-5,13-15H2,1H3,(H,30,31)/t21?,24-/m0/s1. The molecule has 2 radical (unpaired) electrons. The van der Waals surface area contributed by atoms with Crippen LogP contribution in [0.25, 0.3) is 10.9 Å². The third kappa shape index (κ3) is 4.45. The summed E-state index contributed by atoms with van der Waals surface area (Å²) in [7, 11) is 2.27. The number of sulfonamides is 1. The predicted octanol–water partition coefficient (Wildman–Crippen LogP) is 2.52. The zero-order valence-electron chi connectivity index (χ0n) is 19.6. The monoisotopic (exact) mass is 493 g/mol. The number of hydrogen-bond acceptors (Lipinski definition) is 5. The Bertz CT molecular complexity index is 1350. The van der Waals surface area contributed by atoms with Crippen LogP contribution in [-0.4, -0.2) is 61.1 Å². The molecule has 2 aromatic carbocycles. The van der Waals surface area contributed by atoms with Crippen LogP contribution in [0.4, 0.5) is 0 Å². The summed E-state index contributed by atoms with van der Waals surface area (Å²) >= 11 is 0. The van der Waals surface area contributed by atoms with Crippen molar-refractivity contribution in [2.75, 3.05) is 19.7 Å². The van der Waals surface area contributed by atoms with Crippen LogP contribution in [-0.2, 0) is 21.2 Å². The number of hydrogen-bond donors (Lipinski definition) is 1. The van der Waals surface area contributed by atoms with Gasteiger partial charge in [-0.25, -0.2) is 8.42 Å². The molecule has 1 aliphatic carbocycles. The molecular weight excluding hydrogens is 465 g/mol. The molecule has 2 aliphatic rings. The number of nitrogens with zero attached hydrogens (tertiary/aromatic N) is 3. The van der Waals surface area contributed by atoms with Crippen molar-refractivity contribution in [3.63, 3.8) is 0 Å². The van der Waals surface area contributed by atoms with Crippen molar-refractivity contribution in [2.24, 2.45) is 11.8 Å². The Morgan fingerprint density at radius 3 is 2.54 bits per heavy atom. The van der Waals surface area contributed by atoms with Crippen molar-refractivity contribution in [3.05, 3.63) is 48.2 Å². The summed E-state index contributed by atoms with van der Waals surface area (Å²) in [6.07, 6.45) is 3.04. The average Bonchev–Trinajstić information content (AvgIpc) is 3.35. The lowest BCUT2D eigenvalue weighted by atomic mass is 9.74. The Morgan fingerprint density at radius 1 is 1.17 bits per heavy atom. The Kier molecular flexibility index (Phi) is 6.35. The largest absolute Gasteiger partial charge is 0.494 e. The zero-order valence-corrected chi connectivity index (χ0v) is 20.4. The molecule has 1 saturated carbocycles. The summed E-state index contributed by atoms with van der Waals surface area (Å²) < 4.78 is 36.0. The lowest BCUT2D eigenvalue weighted by Crippen LogP contribution is -2.31. The van der Waals surface area contributed by atoms with Crippen LogP contribution in [0.5, 0.6) is 5.75 Å². The van der Waals surface area contributed by atoms with Gasteiger partial charge in [-0.15, -0.1) is 0 Å². The Morgan fingerprint density at radius 2 is 1.91 bits per heavy atom. The maximum absolute atomic E-state index is 13.6. The van der Waals surface area contributed by atoms with E-state index in [9.17, 15) is 18.3 Å². The highest BCUT2D eigenvalue weighted by Crippen LogP contribution is 2.45. The quantitative estimate of drug-likeness (QED) is 0.484. The van der Waals surface area contributed by atoms with Gasteiger partial charge in [-0.3, -0.25) is 9.48 Å². The number of rotatable bonds is 8. The van der Waals surface area contributed by atoms with Crippen molar-refractivity contribution in [3.8, 4) is 5.75 Å². The summed E-state index contributed by atoms with van der Waals surface area (Å²) in [6.45, 7) is 3.08. The zero-order chi connectivity index (χ0) is 24.7. The first-order chi connectivity index (χ1) is 16.8. The summed E-state index contributed by atoms with van der Waals surface area (Å²) in [5.41, 5.74) is 1.76. The summed E-state index contributed by atoms with van der Waals surface area (Å²) in [5.74, 6) is 0.169. The molecule has 0 bridgehead atoms.